The largest absolute Gasteiger partial charge is 0.367 e. The van der Waals surface area contributed by atoms with Crippen LogP contribution in [0.25, 0.3) is 0 Å². The van der Waals surface area contributed by atoms with Gasteiger partial charge in [-0.05, 0) is 6.07 Å². The van der Waals surface area contributed by atoms with E-state index in [1.165, 1.54) is 13.1 Å². The van der Waals surface area contributed by atoms with Crippen LogP contribution < -0.4 is 10.6 Å². The van der Waals surface area contributed by atoms with Gasteiger partial charge in [0.2, 0.25) is 11.6 Å². The lowest BCUT2D eigenvalue weighted by atomic mass is 10.2. The molecule has 0 radical (unpaired) electrons. The maximum atomic E-state index is 13.5. The van der Waals surface area contributed by atoms with Crippen LogP contribution in [0.15, 0.2) is 24.5 Å². The van der Waals surface area contributed by atoms with Crippen LogP contribution in [0.1, 0.15) is 5.56 Å². The van der Waals surface area contributed by atoms with Gasteiger partial charge in [-0.3, -0.25) is 10.1 Å². The molecule has 0 saturated carbocycles. The van der Waals surface area contributed by atoms with E-state index >= 15 is 0 Å². The second-order valence-electron chi connectivity index (χ2n) is 4.02. The minimum absolute atomic E-state index is 0.0390. The molecule has 1 aromatic carbocycles. The van der Waals surface area contributed by atoms with E-state index in [-0.39, 0.29) is 29.4 Å². The Morgan fingerprint density at radius 1 is 1.29 bits per heavy atom. The molecule has 0 saturated heterocycles. The van der Waals surface area contributed by atoms with Gasteiger partial charge < -0.3 is 10.6 Å². The summed E-state index contributed by atoms with van der Waals surface area (Å²) in [4.78, 5) is 17.9. The van der Waals surface area contributed by atoms with Crippen LogP contribution >= 0.6 is 0 Å². The number of halogens is 2. The van der Waals surface area contributed by atoms with Gasteiger partial charge in [-0.2, -0.15) is 0 Å². The van der Waals surface area contributed by atoms with E-state index in [9.17, 15) is 18.9 Å². The van der Waals surface area contributed by atoms with Crippen molar-refractivity contribution in [1.82, 2.24) is 9.97 Å². The molecule has 9 heteroatoms. The van der Waals surface area contributed by atoms with E-state index < -0.39 is 16.6 Å². The third-order valence-corrected chi connectivity index (χ3v) is 2.70. The topological polar surface area (TPSA) is 93.0 Å². The molecule has 1 heterocycles. The average Bonchev–Trinajstić information content (AvgIpc) is 2.45. The molecule has 0 amide bonds. The summed E-state index contributed by atoms with van der Waals surface area (Å²) in [5.41, 5.74) is -0.183. The number of benzene rings is 1. The van der Waals surface area contributed by atoms with Gasteiger partial charge in [0.05, 0.1) is 4.92 Å². The maximum Gasteiger partial charge on any atom is 0.353 e. The van der Waals surface area contributed by atoms with Gasteiger partial charge in [-0.15, -0.1) is 0 Å². The summed E-state index contributed by atoms with van der Waals surface area (Å²) in [7, 11) is 1.48. The number of anilines is 2. The average molecular weight is 295 g/mol. The highest BCUT2D eigenvalue weighted by Crippen LogP contribution is 2.28. The Kier molecular flexibility index (Phi) is 4.21. The summed E-state index contributed by atoms with van der Waals surface area (Å²) in [6.07, 6.45) is 1.14. The van der Waals surface area contributed by atoms with Gasteiger partial charge in [0, 0.05) is 25.2 Å². The molecule has 110 valence electrons. The quantitative estimate of drug-likeness (QED) is 0.649. The first kappa shape index (κ1) is 14.6. The van der Waals surface area contributed by atoms with Crippen molar-refractivity contribution in [3.8, 4) is 0 Å². The van der Waals surface area contributed by atoms with E-state index in [4.69, 9.17) is 0 Å². The molecule has 2 aromatic rings. The molecule has 0 spiro atoms. The molecule has 0 aliphatic rings. The van der Waals surface area contributed by atoms with E-state index in [0.29, 0.717) is 0 Å². The van der Waals surface area contributed by atoms with Gasteiger partial charge in [-0.25, -0.2) is 18.7 Å². The monoisotopic (exact) mass is 295 g/mol. The fourth-order valence-electron chi connectivity index (χ4n) is 1.71. The lowest BCUT2D eigenvalue weighted by Crippen LogP contribution is -2.09. The molecule has 2 N–H and O–H groups in total. The number of aromatic nitrogens is 2. The highest BCUT2D eigenvalue weighted by Gasteiger charge is 2.22. The number of hydrogen-bond donors (Lipinski definition) is 2. The smallest absolute Gasteiger partial charge is 0.353 e. The fraction of sp³-hybridized carbons (Fsp3) is 0.167. The number of nitrogens with one attached hydrogen (secondary N) is 2. The summed E-state index contributed by atoms with van der Waals surface area (Å²) in [5, 5.41) is 16.3. The summed E-state index contributed by atoms with van der Waals surface area (Å²) < 4.78 is 26.3. The van der Waals surface area contributed by atoms with Crippen LogP contribution in [0.3, 0.4) is 0 Å². The Bertz CT molecular complexity index is 681. The number of hydrogen-bond acceptors (Lipinski definition) is 6. The first-order valence-corrected chi connectivity index (χ1v) is 5.88. The van der Waals surface area contributed by atoms with Gasteiger partial charge in [0.1, 0.15) is 18.0 Å². The lowest BCUT2D eigenvalue weighted by Gasteiger charge is -2.08. The molecule has 1 aromatic heterocycles. The summed E-state index contributed by atoms with van der Waals surface area (Å²) in [5.74, 6) is -1.45. The van der Waals surface area contributed by atoms with Crippen LogP contribution in [0.2, 0.25) is 0 Å². The minimum atomic E-state index is -0.743. The predicted molar refractivity (Wildman–Crippen MR) is 71.9 cm³/mol. The summed E-state index contributed by atoms with van der Waals surface area (Å²) in [6.45, 7) is -0.0763. The number of rotatable bonds is 5. The molecule has 0 fully saturated rings. The van der Waals surface area contributed by atoms with E-state index in [0.717, 1.165) is 18.5 Å². The third-order valence-electron chi connectivity index (χ3n) is 2.70. The number of nitro groups is 1. The predicted octanol–water partition coefficient (Wildman–Crippen LogP) is 2.32. The summed E-state index contributed by atoms with van der Waals surface area (Å²) >= 11 is 0. The molecule has 0 unspecified atom stereocenters. The van der Waals surface area contributed by atoms with Crippen molar-refractivity contribution in [2.75, 3.05) is 17.7 Å². The van der Waals surface area contributed by atoms with Crippen molar-refractivity contribution in [2.24, 2.45) is 0 Å². The van der Waals surface area contributed by atoms with Crippen LogP contribution in [0.4, 0.5) is 26.1 Å². The Hall–Kier alpha value is -2.84. The van der Waals surface area contributed by atoms with Crippen molar-refractivity contribution in [2.45, 2.75) is 6.54 Å². The Balaban J connectivity index is 2.26. The van der Waals surface area contributed by atoms with Gasteiger partial charge >= 0.3 is 5.69 Å². The van der Waals surface area contributed by atoms with Crippen molar-refractivity contribution in [3.05, 3.63) is 51.8 Å². The van der Waals surface area contributed by atoms with E-state index in [1.807, 2.05) is 0 Å². The van der Waals surface area contributed by atoms with Crippen LogP contribution in [-0.2, 0) is 6.54 Å². The SMILES string of the molecule is CNc1ncnc(NCc2ccc(F)cc2F)c1[N+](=O)[O-]. The summed E-state index contributed by atoms with van der Waals surface area (Å²) in [6, 6.07) is 3.10. The van der Waals surface area contributed by atoms with Gasteiger partial charge in [0.15, 0.2) is 0 Å². The molecule has 7 nitrogen and oxygen atoms in total. The van der Waals surface area contributed by atoms with Gasteiger partial charge in [-0.1, -0.05) is 6.07 Å². The second kappa shape index (κ2) is 6.07. The van der Waals surface area contributed by atoms with Crippen molar-refractivity contribution >= 4 is 17.3 Å². The van der Waals surface area contributed by atoms with Gasteiger partial charge in [0.25, 0.3) is 0 Å². The number of nitrogens with zero attached hydrogens (tertiary/aromatic N) is 3. The Morgan fingerprint density at radius 3 is 2.62 bits per heavy atom. The molecule has 21 heavy (non-hydrogen) atoms. The molecule has 0 atom stereocenters. The molecule has 0 bridgehead atoms. The normalized spacial score (nSPS) is 10.2. The second-order valence-corrected chi connectivity index (χ2v) is 4.02. The standard InChI is InChI=1S/C12H11F2N5O2/c1-15-11-10(19(20)21)12(18-6-17-11)16-5-7-2-3-8(13)4-9(7)14/h2-4,6H,5H2,1H3,(H2,15,16,17,18). The Labute approximate surface area is 118 Å². The molecular formula is C12H11F2N5O2. The zero-order chi connectivity index (χ0) is 15.4. The maximum absolute atomic E-state index is 13.5. The minimum Gasteiger partial charge on any atom is -0.367 e. The van der Waals surface area contributed by atoms with Crippen molar-refractivity contribution in [3.63, 3.8) is 0 Å². The lowest BCUT2D eigenvalue weighted by molar-refractivity contribution is -0.383. The molecule has 0 aliphatic heterocycles. The van der Waals surface area contributed by atoms with Crippen LogP contribution in [0, 0.1) is 21.7 Å². The first-order chi connectivity index (χ1) is 10.0. The fourth-order valence-corrected chi connectivity index (χ4v) is 1.71. The van der Waals surface area contributed by atoms with Crippen molar-refractivity contribution in [1.29, 1.82) is 0 Å². The van der Waals surface area contributed by atoms with E-state index in [1.54, 1.807) is 0 Å². The van der Waals surface area contributed by atoms with Crippen molar-refractivity contribution < 1.29 is 13.7 Å². The zero-order valence-electron chi connectivity index (χ0n) is 10.9. The van der Waals surface area contributed by atoms with E-state index in [2.05, 4.69) is 20.6 Å². The highest BCUT2D eigenvalue weighted by molar-refractivity contribution is 5.69. The van der Waals surface area contributed by atoms with Crippen LogP contribution in [0.5, 0.6) is 0 Å². The van der Waals surface area contributed by atoms with Crippen LogP contribution in [-0.4, -0.2) is 21.9 Å². The molecule has 2 rings (SSSR count). The molecular weight excluding hydrogens is 284 g/mol. The third kappa shape index (κ3) is 3.19. The zero-order valence-corrected chi connectivity index (χ0v) is 10.9. The Morgan fingerprint density at radius 2 is 2.00 bits per heavy atom. The highest BCUT2D eigenvalue weighted by atomic mass is 19.1. The molecule has 0 aliphatic carbocycles. The first-order valence-electron chi connectivity index (χ1n) is 5.88.